The molecule has 1 saturated heterocycles. The molecular weight excluding hydrogens is 318 g/mol. The minimum atomic E-state index is -2.67. The maximum absolute atomic E-state index is 12.3. The monoisotopic (exact) mass is 335 g/mol. The Hall–Kier alpha value is -2.74. The van der Waals surface area contributed by atoms with Crippen LogP contribution in [0.5, 0.6) is 0 Å². The van der Waals surface area contributed by atoms with Crippen LogP contribution >= 0.6 is 0 Å². The molecule has 2 amide bonds. The first-order valence-electron chi connectivity index (χ1n) is 7.40. The number of amides is 2. The van der Waals surface area contributed by atoms with Crippen LogP contribution in [0.25, 0.3) is 0 Å². The van der Waals surface area contributed by atoms with Crippen LogP contribution in [0, 0.1) is 0 Å². The lowest BCUT2D eigenvalue weighted by molar-refractivity contribution is -0.215. The van der Waals surface area contributed by atoms with Crippen molar-refractivity contribution < 1.29 is 33.9 Å². The van der Waals surface area contributed by atoms with Gasteiger partial charge in [0.15, 0.2) is 0 Å². The predicted octanol–water partition coefficient (Wildman–Crippen LogP) is 0.130. The van der Waals surface area contributed by atoms with Gasteiger partial charge in [0.1, 0.15) is 0 Å². The maximum Gasteiger partial charge on any atom is 0.376 e. The summed E-state index contributed by atoms with van der Waals surface area (Å²) in [5.74, 6) is -4.06. The van der Waals surface area contributed by atoms with Gasteiger partial charge in [0.25, 0.3) is 17.4 Å². The van der Waals surface area contributed by atoms with Crippen LogP contribution in [0.15, 0.2) is 30.3 Å². The van der Waals surface area contributed by atoms with E-state index in [4.69, 9.17) is 4.74 Å². The van der Waals surface area contributed by atoms with Crippen LogP contribution in [0.4, 0.5) is 0 Å². The maximum atomic E-state index is 12.3. The number of ether oxygens (including phenoxy) is 1. The number of esters is 1. The number of nitrogens with zero attached hydrogens (tertiary/aromatic N) is 1. The normalized spacial score (nSPS) is 16.7. The van der Waals surface area contributed by atoms with E-state index in [1.54, 1.807) is 30.3 Å². The van der Waals surface area contributed by atoms with E-state index < -0.39 is 35.8 Å². The van der Waals surface area contributed by atoms with Crippen molar-refractivity contribution >= 4 is 23.8 Å². The van der Waals surface area contributed by atoms with Crippen molar-refractivity contribution in [2.45, 2.75) is 31.8 Å². The summed E-state index contributed by atoms with van der Waals surface area (Å²) in [7, 11) is 0. The van der Waals surface area contributed by atoms with E-state index >= 15 is 0 Å². The van der Waals surface area contributed by atoms with E-state index in [9.17, 15) is 24.3 Å². The van der Waals surface area contributed by atoms with E-state index in [1.165, 1.54) is 6.92 Å². The van der Waals surface area contributed by atoms with Gasteiger partial charge < -0.3 is 14.7 Å². The van der Waals surface area contributed by atoms with Gasteiger partial charge in [0.05, 0.1) is 6.61 Å². The number of hydrogen-bond donors (Lipinski definition) is 1. The number of aliphatic hydroxyl groups is 1. The third kappa shape index (κ3) is 3.60. The van der Waals surface area contributed by atoms with Crippen molar-refractivity contribution in [1.29, 1.82) is 0 Å². The molecular formula is C16H17NO7. The first-order chi connectivity index (χ1) is 11.4. The molecule has 24 heavy (non-hydrogen) atoms. The Balaban J connectivity index is 2.24. The summed E-state index contributed by atoms with van der Waals surface area (Å²) < 4.78 is 4.74. The zero-order valence-electron chi connectivity index (χ0n) is 13.1. The SMILES string of the molecule is CCOC(=O)C(O)(Cc1ccccc1)C(=O)ON1C(=O)CCC1=O. The fourth-order valence-electron chi connectivity index (χ4n) is 2.19. The Kier molecular flexibility index (Phi) is 5.30. The second kappa shape index (κ2) is 7.22. The van der Waals surface area contributed by atoms with Gasteiger partial charge in [-0.05, 0) is 12.5 Å². The molecule has 8 nitrogen and oxygen atoms in total. The number of carbonyl (C=O) groups is 4. The van der Waals surface area contributed by atoms with Gasteiger partial charge in [-0.3, -0.25) is 9.59 Å². The standard InChI is InChI=1S/C16H17NO7/c1-2-23-14(20)16(22,10-11-6-4-3-5-7-11)15(21)24-17-12(18)8-9-13(17)19/h3-7,22H,2,8-10H2,1H3. The van der Waals surface area contributed by atoms with E-state index in [0.717, 1.165) is 0 Å². The smallest absolute Gasteiger partial charge is 0.376 e. The van der Waals surface area contributed by atoms with E-state index in [0.29, 0.717) is 5.56 Å². The van der Waals surface area contributed by atoms with Crippen molar-refractivity contribution in [3.63, 3.8) is 0 Å². The van der Waals surface area contributed by atoms with Gasteiger partial charge in [-0.15, -0.1) is 5.06 Å². The summed E-state index contributed by atoms with van der Waals surface area (Å²) in [6, 6.07) is 8.26. The Bertz CT molecular complexity index is 642. The summed E-state index contributed by atoms with van der Waals surface area (Å²) in [5, 5.41) is 10.8. The Labute approximate surface area is 137 Å². The van der Waals surface area contributed by atoms with E-state index in [1.807, 2.05) is 0 Å². The number of hydrogen-bond acceptors (Lipinski definition) is 7. The number of hydroxylamine groups is 2. The van der Waals surface area contributed by atoms with Crippen molar-refractivity contribution in [2.75, 3.05) is 6.61 Å². The number of benzene rings is 1. The molecule has 0 radical (unpaired) electrons. The van der Waals surface area contributed by atoms with Gasteiger partial charge in [-0.2, -0.15) is 0 Å². The first kappa shape index (κ1) is 17.6. The van der Waals surface area contributed by atoms with Crippen LogP contribution < -0.4 is 0 Å². The Morgan fingerprint density at radius 2 is 1.71 bits per heavy atom. The highest BCUT2D eigenvalue weighted by Gasteiger charge is 2.50. The van der Waals surface area contributed by atoms with Crippen LogP contribution in [0.1, 0.15) is 25.3 Å². The van der Waals surface area contributed by atoms with Gasteiger partial charge in [-0.1, -0.05) is 30.3 Å². The third-order valence-electron chi connectivity index (χ3n) is 3.43. The topological polar surface area (TPSA) is 110 Å². The van der Waals surface area contributed by atoms with Crippen molar-refractivity contribution in [1.82, 2.24) is 5.06 Å². The fraction of sp³-hybridized carbons (Fsp3) is 0.375. The summed E-state index contributed by atoms with van der Waals surface area (Å²) in [6.45, 7) is 1.45. The molecule has 1 aromatic rings. The van der Waals surface area contributed by atoms with Crippen LogP contribution in [-0.4, -0.2) is 46.1 Å². The van der Waals surface area contributed by atoms with Crippen LogP contribution in [0.2, 0.25) is 0 Å². The second-order valence-electron chi connectivity index (χ2n) is 5.20. The minimum absolute atomic E-state index is 0.0647. The largest absolute Gasteiger partial charge is 0.463 e. The third-order valence-corrected chi connectivity index (χ3v) is 3.43. The fourth-order valence-corrected chi connectivity index (χ4v) is 2.19. The highest BCUT2D eigenvalue weighted by molar-refractivity contribution is 6.06. The molecule has 0 saturated carbocycles. The van der Waals surface area contributed by atoms with E-state index in [2.05, 4.69) is 4.84 Å². The zero-order chi connectivity index (χ0) is 17.7. The number of imide groups is 1. The Morgan fingerprint density at radius 1 is 1.12 bits per heavy atom. The first-order valence-corrected chi connectivity index (χ1v) is 7.40. The average molecular weight is 335 g/mol. The molecule has 1 N–H and O–H groups in total. The molecule has 8 heteroatoms. The van der Waals surface area contributed by atoms with Gasteiger partial charge in [-0.25, -0.2) is 9.59 Å². The molecule has 0 spiro atoms. The second-order valence-corrected chi connectivity index (χ2v) is 5.20. The quantitative estimate of drug-likeness (QED) is 0.447. The summed E-state index contributed by atoms with van der Waals surface area (Å²) in [4.78, 5) is 52.1. The van der Waals surface area contributed by atoms with Crippen molar-refractivity contribution in [3.05, 3.63) is 35.9 Å². The molecule has 0 aromatic heterocycles. The molecule has 1 unspecified atom stereocenters. The summed E-state index contributed by atoms with van der Waals surface area (Å²) in [5.41, 5.74) is -2.19. The molecule has 1 aromatic carbocycles. The predicted molar refractivity (Wildman–Crippen MR) is 78.9 cm³/mol. The molecule has 1 atom stereocenters. The Morgan fingerprint density at radius 3 is 2.25 bits per heavy atom. The summed E-state index contributed by atoms with van der Waals surface area (Å²) >= 11 is 0. The number of rotatable bonds is 6. The minimum Gasteiger partial charge on any atom is -0.463 e. The number of carbonyl (C=O) groups excluding carboxylic acids is 4. The summed E-state index contributed by atoms with van der Waals surface area (Å²) in [6.07, 6.45) is -0.604. The molecule has 1 heterocycles. The highest BCUT2D eigenvalue weighted by Crippen LogP contribution is 2.21. The molecule has 1 fully saturated rings. The van der Waals surface area contributed by atoms with E-state index in [-0.39, 0.29) is 24.5 Å². The molecule has 128 valence electrons. The van der Waals surface area contributed by atoms with Gasteiger partial charge in [0, 0.05) is 19.3 Å². The molecule has 0 aliphatic carbocycles. The molecule has 2 rings (SSSR count). The van der Waals surface area contributed by atoms with Crippen molar-refractivity contribution in [2.24, 2.45) is 0 Å². The van der Waals surface area contributed by atoms with Gasteiger partial charge in [0.2, 0.25) is 0 Å². The lowest BCUT2D eigenvalue weighted by Crippen LogP contribution is -2.53. The molecule has 1 aliphatic heterocycles. The van der Waals surface area contributed by atoms with Crippen LogP contribution in [0.3, 0.4) is 0 Å². The van der Waals surface area contributed by atoms with Gasteiger partial charge >= 0.3 is 11.9 Å². The molecule has 1 aliphatic rings. The van der Waals surface area contributed by atoms with Crippen molar-refractivity contribution in [3.8, 4) is 0 Å². The zero-order valence-corrected chi connectivity index (χ0v) is 13.1. The highest BCUT2D eigenvalue weighted by atomic mass is 16.7. The lowest BCUT2D eigenvalue weighted by Gasteiger charge is -2.25. The average Bonchev–Trinajstić information content (AvgIpc) is 2.87. The van der Waals surface area contributed by atoms with Crippen LogP contribution in [-0.2, 0) is 35.2 Å². The lowest BCUT2D eigenvalue weighted by atomic mass is 9.94. The molecule has 0 bridgehead atoms.